The summed E-state index contributed by atoms with van der Waals surface area (Å²) in [5.74, 6) is 1.67. The molecule has 26 heavy (non-hydrogen) atoms. The van der Waals surface area contributed by atoms with E-state index in [0.29, 0.717) is 43.4 Å². The fourth-order valence-corrected chi connectivity index (χ4v) is 3.17. The summed E-state index contributed by atoms with van der Waals surface area (Å²) >= 11 is 0. The molecule has 1 aliphatic heterocycles. The molecule has 1 fully saturated rings. The highest BCUT2D eigenvalue weighted by atomic mass is 16.5. The molecule has 2 aromatic heterocycles. The molecule has 8 nitrogen and oxygen atoms in total. The number of aromatic nitrogens is 2. The number of furan rings is 1. The topological polar surface area (TPSA) is 80.8 Å². The van der Waals surface area contributed by atoms with Gasteiger partial charge in [-0.05, 0) is 19.9 Å². The Morgan fingerprint density at radius 2 is 2.19 bits per heavy atom. The highest BCUT2D eigenvalue weighted by Crippen LogP contribution is 2.18. The minimum absolute atomic E-state index is 0.0518. The Hall–Kier alpha value is -2.61. The Balaban J connectivity index is 1.68. The number of ether oxygens (including phenoxy) is 1. The standard InChI is InChI=1S/C18H24N4O4/c1-12-9-15(13(2)26-12)17(23)22-7-8-25-14(11-22)10-21(4)16-18(24)20(3)6-5-19-16/h5-6,9,14H,7-8,10-11H2,1-4H3/t14-/m0/s1. The van der Waals surface area contributed by atoms with Gasteiger partial charge in [0.05, 0.1) is 18.3 Å². The van der Waals surface area contributed by atoms with Crippen molar-refractivity contribution >= 4 is 11.7 Å². The van der Waals surface area contributed by atoms with Gasteiger partial charge in [0.25, 0.3) is 11.5 Å². The Kier molecular flexibility index (Phi) is 5.13. The van der Waals surface area contributed by atoms with E-state index in [2.05, 4.69) is 4.98 Å². The van der Waals surface area contributed by atoms with Gasteiger partial charge in [-0.1, -0.05) is 0 Å². The minimum Gasteiger partial charge on any atom is -0.466 e. The van der Waals surface area contributed by atoms with Crippen molar-refractivity contribution in [2.45, 2.75) is 20.0 Å². The number of morpholine rings is 1. The van der Waals surface area contributed by atoms with Gasteiger partial charge in [0, 0.05) is 46.1 Å². The Morgan fingerprint density at radius 1 is 1.42 bits per heavy atom. The summed E-state index contributed by atoms with van der Waals surface area (Å²) in [6.07, 6.45) is 3.01. The van der Waals surface area contributed by atoms with Crippen molar-refractivity contribution < 1.29 is 13.9 Å². The summed E-state index contributed by atoms with van der Waals surface area (Å²) in [6.45, 7) is 5.55. The fourth-order valence-electron chi connectivity index (χ4n) is 3.17. The van der Waals surface area contributed by atoms with Crippen molar-refractivity contribution in [2.75, 3.05) is 38.2 Å². The molecule has 1 aliphatic rings. The van der Waals surface area contributed by atoms with Crippen molar-refractivity contribution in [3.05, 3.63) is 45.9 Å². The lowest BCUT2D eigenvalue weighted by Crippen LogP contribution is -2.50. The average Bonchev–Trinajstić information content (AvgIpc) is 2.95. The molecule has 1 atom stereocenters. The van der Waals surface area contributed by atoms with Crippen LogP contribution in [0.4, 0.5) is 5.82 Å². The first-order valence-electron chi connectivity index (χ1n) is 8.57. The molecule has 0 aliphatic carbocycles. The Morgan fingerprint density at radius 3 is 2.88 bits per heavy atom. The number of amides is 1. The van der Waals surface area contributed by atoms with Crippen molar-refractivity contribution in [3.63, 3.8) is 0 Å². The van der Waals surface area contributed by atoms with Gasteiger partial charge in [-0.25, -0.2) is 4.98 Å². The van der Waals surface area contributed by atoms with Gasteiger partial charge in [-0.3, -0.25) is 9.59 Å². The number of hydrogen-bond acceptors (Lipinski definition) is 6. The van der Waals surface area contributed by atoms with Crippen molar-refractivity contribution in [2.24, 2.45) is 7.05 Å². The normalized spacial score (nSPS) is 17.4. The molecule has 0 N–H and O–H groups in total. The first-order valence-corrected chi connectivity index (χ1v) is 8.57. The highest BCUT2D eigenvalue weighted by molar-refractivity contribution is 5.95. The number of anilines is 1. The lowest BCUT2D eigenvalue weighted by atomic mass is 10.2. The fraction of sp³-hybridized carbons (Fsp3) is 0.500. The lowest BCUT2D eigenvalue weighted by Gasteiger charge is -2.34. The molecule has 0 spiro atoms. The Labute approximate surface area is 152 Å². The van der Waals surface area contributed by atoms with Gasteiger partial charge in [-0.15, -0.1) is 0 Å². The molecule has 0 radical (unpaired) electrons. The van der Waals surface area contributed by atoms with E-state index in [4.69, 9.17) is 9.15 Å². The molecule has 8 heteroatoms. The van der Waals surface area contributed by atoms with E-state index in [-0.39, 0.29) is 17.6 Å². The van der Waals surface area contributed by atoms with Crippen molar-refractivity contribution in [1.82, 2.24) is 14.5 Å². The van der Waals surface area contributed by atoms with Crippen LogP contribution in [0, 0.1) is 13.8 Å². The van der Waals surface area contributed by atoms with Crippen molar-refractivity contribution in [3.8, 4) is 0 Å². The number of carbonyl (C=O) groups is 1. The molecule has 0 bridgehead atoms. The Bertz CT molecular complexity index is 857. The largest absolute Gasteiger partial charge is 0.466 e. The van der Waals surface area contributed by atoms with Crippen LogP contribution in [-0.2, 0) is 11.8 Å². The van der Waals surface area contributed by atoms with Crippen LogP contribution in [0.5, 0.6) is 0 Å². The molecular formula is C18H24N4O4. The monoisotopic (exact) mass is 360 g/mol. The summed E-state index contributed by atoms with van der Waals surface area (Å²) in [4.78, 5) is 32.7. The third kappa shape index (κ3) is 3.65. The van der Waals surface area contributed by atoms with E-state index in [1.165, 1.54) is 4.57 Å². The van der Waals surface area contributed by atoms with Gasteiger partial charge in [-0.2, -0.15) is 0 Å². The quantitative estimate of drug-likeness (QED) is 0.808. The lowest BCUT2D eigenvalue weighted by molar-refractivity contribution is -0.0172. The predicted molar refractivity (Wildman–Crippen MR) is 96.6 cm³/mol. The number of rotatable bonds is 4. The number of likely N-dealkylation sites (N-methyl/N-ethyl adjacent to an activating group) is 1. The van der Waals surface area contributed by atoms with Gasteiger partial charge < -0.3 is 23.5 Å². The predicted octanol–water partition coefficient (Wildman–Crippen LogP) is 0.968. The van der Waals surface area contributed by atoms with E-state index in [1.54, 1.807) is 49.3 Å². The zero-order valence-electron chi connectivity index (χ0n) is 15.6. The average molecular weight is 360 g/mol. The molecule has 0 saturated carbocycles. The van der Waals surface area contributed by atoms with Gasteiger partial charge in [0.1, 0.15) is 11.5 Å². The third-order valence-electron chi connectivity index (χ3n) is 4.54. The summed E-state index contributed by atoms with van der Waals surface area (Å²) in [6, 6.07) is 1.77. The number of hydrogen-bond donors (Lipinski definition) is 0. The summed E-state index contributed by atoms with van der Waals surface area (Å²) in [7, 11) is 3.49. The number of aryl methyl sites for hydroxylation is 3. The van der Waals surface area contributed by atoms with Crippen LogP contribution in [0.15, 0.2) is 27.7 Å². The van der Waals surface area contributed by atoms with E-state index in [9.17, 15) is 9.59 Å². The van der Waals surface area contributed by atoms with Crippen LogP contribution < -0.4 is 10.5 Å². The molecular weight excluding hydrogens is 336 g/mol. The van der Waals surface area contributed by atoms with E-state index in [0.717, 1.165) is 5.76 Å². The summed E-state index contributed by atoms with van der Waals surface area (Å²) < 4.78 is 12.8. The molecule has 1 saturated heterocycles. The van der Waals surface area contributed by atoms with Crippen LogP contribution in [0.3, 0.4) is 0 Å². The van der Waals surface area contributed by atoms with Gasteiger partial charge in [0.2, 0.25) is 0 Å². The van der Waals surface area contributed by atoms with Crippen LogP contribution in [0.1, 0.15) is 21.9 Å². The maximum Gasteiger partial charge on any atom is 0.293 e. The van der Waals surface area contributed by atoms with E-state index in [1.807, 2.05) is 6.92 Å². The van der Waals surface area contributed by atoms with Gasteiger partial charge in [0.15, 0.2) is 5.82 Å². The van der Waals surface area contributed by atoms with E-state index < -0.39 is 0 Å². The minimum atomic E-state index is -0.197. The first kappa shape index (κ1) is 18.2. The van der Waals surface area contributed by atoms with Crippen LogP contribution in [0.25, 0.3) is 0 Å². The van der Waals surface area contributed by atoms with Gasteiger partial charge >= 0.3 is 0 Å². The second-order valence-electron chi connectivity index (χ2n) is 6.62. The molecule has 3 heterocycles. The third-order valence-corrected chi connectivity index (χ3v) is 4.54. The molecule has 1 amide bonds. The highest BCUT2D eigenvalue weighted by Gasteiger charge is 2.28. The first-order chi connectivity index (χ1) is 12.4. The maximum atomic E-state index is 12.8. The zero-order valence-corrected chi connectivity index (χ0v) is 15.6. The molecule has 140 valence electrons. The van der Waals surface area contributed by atoms with Crippen LogP contribution in [0.2, 0.25) is 0 Å². The molecule has 0 unspecified atom stereocenters. The zero-order chi connectivity index (χ0) is 18.8. The van der Waals surface area contributed by atoms with Crippen molar-refractivity contribution in [1.29, 1.82) is 0 Å². The smallest absolute Gasteiger partial charge is 0.293 e. The second kappa shape index (κ2) is 7.33. The molecule has 0 aromatic carbocycles. The van der Waals surface area contributed by atoms with E-state index >= 15 is 0 Å². The SMILES string of the molecule is Cc1cc(C(=O)N2CCO[C@@H](CN(C)c3nccn(C)c3=O)C2)c(C)o1. The van der Waals surface area contributed by atoms with Crippen LogP contribution >= 0.6 is 0 Å². The molecule has 2 aromatic rings. The maximum absolute atomic E-state index is 12.8. The van der Waals surface area contributed by atoms with Crippen LogP contribution in [-0.4, -0.2) is 59.8 Å². The number of nitrogens with zero attached hydrogens (tertiary/aromatic N) is 4. The second-order valence-corrected chi connectivity index (χ2v) is 6.62. The molecule has 3 rings (SSSR count). The number of carbonyl (C=O) groups excluding carboxylic acids is 1. The summed E-state index contributed by atoms with van der Waals surface area (Å²) in [5.41, 5.74) is 0.429. The summed E-state index contributed by atoms with van der Waals surface area (Å²) in [5, 5.41) is 0.